The van der Waals surface area contributed by atoms with Crippen molar-refractivity contribution in [1.29, 1.82) is 0 Å². The van der Waals surface area contributed by atoms with Crippen molar-refractivity contribution in [2.24, 2.45) is 20.5 Å². The SMILES string of the molecule is O=S(=O)(O)c1cc(N=Nc2cc(S(=O)(=O)O)c3ccccc3c2O)ccc1/C=C\c1ccc(N=Nc2cc(S(=O)(=O)O)c3ccccc3c2O)cc1S(=O)(=O)O. The monoisotopic (exact) mass is 840 g/mol. The maximum absolute atomic E-state index is 12.4. The van der Waals surface area contributed by atoms with Crippen LogP contribution in [0.15, 0.2) is 137 Å². The standard InChI is InChI=1S/C34H24N4O14S4/c39-33-25-7-3-1-5-23(25)31(55(47,48)49)17-27(33)37-35-21-13-11-19(29(15-21)53(41,42)43)9-10-20-12-14-22(16-30(20)54(44,45)46)36-38-28-18-32(56(50,51)52)24-6-2-4-8-26(24)34(28)40/h1-18,39-40H,(H,41,42,43)(H,44,45,46)(H,47,48,49)(H,50,51,52)/b10-9-,37-35?,38-36?. The van der Waals surface area contributed by atoms with Crippen molar-refractivity contribution in [1.82, 2.24) is 0 Å². The molecule has 6 rings (SSSR count). The van der Waals surface area contributed by atoms with E-state index >= 15 is 0 Å². The van der Waals surface area contributed by atoms with Crippen molar-refractivity contribution in [3.63, 3.8) is 0 Å². The lowest BCUT2D eigenvalue weighted by atomic mass is 10.1. The van der Waals surface area contributed by atoms with Crippen molar-refractivity contribution in [2.75, 3.05) is 0 Å². The summed E-state index contributed by atoms with van der Waals surface area (Å²) in [5, 5.41) is 36.7. The van der Waals surface area contributed by atoms with Gasteiger partial charge in [0, 0.05) is 21.5 Å². The van der Waals surface area contributed by atoms with E-state index in [-0.39, 0.29) is 44.0 Å². The Labute approximate surface area is 317 Å². The van der Waals surface area contributed by atoms with E-state index < -0.39 is 82.9 Å². The Balaban J connectivity index is 1.35. The third-order valence-electron chi connectivity index (χ3n) is 8.01. The molecular formula is C34H24N4O14S4. The van der Waals surface area contributed by atoms with Gasteiger partial charge in [-0.1, -0.05) is 72.8 Å². The number of benzene rings is 6. The van der Waals surface area contributed by atoms with E-state index in [2.05, 4.69) is 20.5 Å². The first-order valence-electron chi connectivity index (χ1n) is 15.3. The van der Waals surface area contributed by atoms with Gasteiger partial charge in [-0.25, -0.2) is 0 Å². The molecule has 0 heterocycles. The molecule has 0 spiro atoms. The molecule has 6 aromatic carbocycles. The highest BCUT2D eigenvalue weighted by molar-refractivity contribution is 7.86. The quantitative estimate of drug-likeness (QED) is 0.0445. The zero-order chi connectivity index (χ0) is 40.8. The van der Waals surface area contributed by atoms with Gasteiger partial charge in [0.15, 0.2) is 11.5 Å². The van der Waals surface area contributed by atoms with Crippen LogP contribution in [0.2, 0.25) is 0 Å². The highest BCUT2D eigenvalue weighted by atomic mass is 32.2. The molecule has 22 heteroatoms. The lowest BCUT2D eigenvalue weighted by Gasteiger charge is -2.09. The second kappa shape index (κ2) is 14.6. The average Bonchev–Trinajstić information content (AvgIpc) is 3.12. The molecule has 0 radical (unpaired) electrons. The van der Waals surface area contributed by atoms with Gasteiger partial charge in [-0.3, -0.25) is 18.2 Å². The van der Waals surface area contributed by atoms with Gasteiger partial charge in [0.25, 0.3) is 40.5 Å². The predicted octanol–water partition coefficient (Wildman–Crippen LogP) is 7.39. The summed E-state index contributed by atoms with van der Waals surface area (Å²) < 4.78 is 137. The molecule has 6 N–H and O–H groups in total. The van der Waals surface area contributed by atoms with E-state index in [1.54, 1.807) is 0 Å². The summed E-state index contributed by atoms with van der Waals surface area (Å²) in [6, 6.07) is 19.5. The van der Waals surface area contributed by atoms with Crippen molar-refractivity contribution < 1.29 is 62.1 Å². The molecule has 0 unspecified atom stereocenters. The van der Waals surface area contributed by atoms with E-state index in [1.807, 2.05) is 0 Å². The fraction of sp³-hybridized carbons (Fsp3) is 0. The van der Waals surface area contributed by atoms with Crippen molar-refractivity contribution in [2.45, 2.75) is 19.6 Å². The molecule has 0 saturated carbocycles. The molecule has 0 amide bonds. The normalized spacial score (nSPS) is 13.1. The van der Waals surface area contributed by atoms with Gasteiger partial charge < -0.3 is 10.2 Å². The summed E-state index contributed by atoms with van der Waals surface area (Å²) in [5.74, 6) is -1.02. The molecule has 0 aliphatic rings. The zero-order valence-electron chi connectivity index (χ0n) is 27.8. The van der Waals surface area contributed by atoms with Crippen LogP contribution in [0.1, 0.15) is 11.1 Å². The van der Waals surface area contributed by atoms with Crippen LogP contribution in [0.25, 0.3) is 33.7 Å². The number of phenolic OH excluding ortho intramolecular Hbond substituents is 2. The molecule has 0 fully saturated rings. The highest BCUT2D eigenvalue weighted by Crippen LogP contribution is 2.41. The van der Waals surface area contributed by atoms with Gasteiger partial charge in [0.1, 0.15) is 31.0 Å². The Bertz CT molecular complexity index is 2950. The van der Waals surface area contributed by atoms with Crippen LogP contribution >= 0.6 is 0 Å². The molecular weight excluding hydrogens is 817 g/mol. The summed E-state index contributed by atoms with van der Waals surface area (Å²) in [6.07, 6.45) is 2.15. The second-order valence-corrected chi connectivity index (χ2v) is 17.2. The van der Waals surface area contributed by atoms with E-state index in [1.165, 1.54) is 60.7 Å². The smallest absolute Gasteiger partial charge is 0.295 e. The summed E-state index contributed by atoms with van der Waals surface area (Å²) in [5.41, 5.74) is -1.67. The molecule has 0 aromatic heterocycles. The second-order valence-electron chi connectivity index (χ2n) is 11.7. The topological polar surface area (TPSA) is 307 Å². The maximum Gasteiger partial charge on any atom is 0.295 e. The summed E-state index contributed by atoms with van der Waals surface area (Å²) >= 11 is 0. The summed E-state index contributed by atoms with van der Waals surface area (Å²) in [4.78, 5) is -2.66. The Morgan fingerprint density at radius 1 is 0.393 bits per heavy atom. The molecule has 0 aliphatic carbocycles. The van der Waals surface area contributed by atoms with Crippen LogP contribution < -0.4 is 0 Å². The number of azo groups is 2. The minimum absolute atomic E-state index is 0.00870. The van der Waals surface area contributed by atoms with Crippen LogP contribution in [-0.4, -0.2) is 62.1 Å². The number of phenols is 2. The first-order chi connectivity index (χ1) is 26.1. The number of aromatic hydroxyl groups is 2. The minimum Gasteiger partial charge on any atom is -0.505 e. The van der Waals surface area contributed by atoms with Crippen LogP contribution in [0.3, 0.4) is 0 Å². The van der Waals surface area contributed by atoms with Gasteiger partial charge in [0.2, 0.25) is 0 Å². The lowest BCUT2D eigenvalue weighted by Crippen LogP contribution is -2.01. The molecule has 0 atom stereocenters. The van der Waals surface area contributed by atoms with Crippen LogP contribution in [0, 0.1) is 0 Å². The third kappa shape index (κ3) is 8.31. The van der Waals surface area contributed by atoms with Crippen LogP contribution in [0.4, 0.5) is 22.7 Å². The van der Waals surface area contributed by atoms with E-state index in [9.17, 15) is 62.1 Å². The maximum atomic E-state index is 12.4. The largest absolute Gasteiger partial charge is 0.505 e. The van der Waals surface area contributed by atoms with E-state index in [4.69, 9.17) is 0 Å². The molecule has 0 aliphatic heterocycles. The highest BCUT2D eigenvalue weighted by Gasteiger charge is 2.22. The Kier molecular flexibility index (Phi) is 10.3. The molecule has 6 aromatic rings. The number of fused-ring (bicyclic) bond motifs is 2. The Morgan fingerprint density at radius 3 is 1.04 bits per heavy atom. The van der Waals surface area contributed by atoms with E-state index in [0.29, 0.717) is 0 Å². The first kappa shape index (κ1) is 39.7. The first-order valence-corrected chi connectivity index (χ1v) is 21.1. The van der Waals surface area contributed by atoms with Gasteiger partial charge >= 0.3 is 0 Å². The fourth-order valence-electron chi connectivity index (χ4n) is 5.50. The van der Waals surface area contributed by atoms with Crippen molar-refractivity contribution in [3.8, 4) is 11.5 Å². The molecule has 0 saturated heterocycles. The number of hydrogen-bond donors (Lipinski definition) is 6. The van der Waals surface area contributed by atoms with Gasteiger partial charge in [-0.15, -0.1) is 10.2 Å². The van der Waals surface area contributed by atoms with Crippen LogP contribution in [-0.2, 0) is 40.5 Å². The third-order valence-corrected chi connectivity index (χ3v) is 11.6. The molecule has 18 nitrogen and oxygen atoms in total. The summed E-state index contributed by atoms with van der Waals surface area (Å²) in [7, 11) is -19.6. The Hall–Kier alpha value is -5.98. The fourth-order valence-corrected chi connectivity index (χ4v) is 8.34. The zero-order valence-corrected chi connectivity index (χ0v) is 31.0. The average molecular weight is 841 g/mol. The van der Waals surface area contributed by atoms with Crippen LogP contribution in [0.5, 0.6) is 11.5 Å². The number of nitrogens with zero attached hydrogens (tertiary/aromatic N) is 4. The lowest BCUT2D eigenvalue weighted by molar-refractivity contribution is 0.477. The minimum atomic E-state index is -5.00. The number of hydrogen-bond acceptors (Lipinski definition) is 14. The van der Waals surface area contributed by atoms with Gasteiger partial charge in [-0.2, -0.15) is 43.9 Å². The van der Waals surface area contributed by atoms with Crippen molar-refractivity contribution in [3.05, 3.63) is 108 Å². The number of rotatable bonds is 10. The summed E-state index contributed by atoms with van der Waals surface area (Å²) in [6.45, 7) is 0. The molecule has 288 valence electrons. The molecule has 0 bridgehead atoms. The van der Waals surface area contributed by atoms with Gasteiger partial charge in [0.05, 0.1) is 11.4 Å². The predicted molar refractivity (Wildman–Crippen MR) is 201 cm³/mol. The van der Waals surface area contributed by atoms with Crippen molar-refractivity contribution >= 4 is 96.9 Å². The van der Waals surface area contributed by atoms with E-state index in [0.717, 1.165) is 48.6 Å². The molecule has 56 heavy (non-hydrogen) atoms. The Morgan fingerprint density at radius 2 is 0.714 bits per heavy atom. The van der Waals surface area contributed by atoms with Gasteiger partial charge in [-0.05, 0) is 47.5 Å².